The van der Waals surface area contributed by atoms with Crippen LogP contribution in [0.2, 0.25) is 0 Å². The second-order valence-electron chi connectivity index (χ2n) is 3.22. The van der Waals surface area contributed by atoms with Gasteiger partial charge in [0, 0.05) is 6.54 Å². The van der Waals surface area contributed by atoms with Gasteiger partial charge in [0.05, 0.1) is 0 Å². The van der Waals surface area contributed by atoms with Crippen LogP contribution >= 0.6 is 0 Å². The number of ether oxygens (including phenoxy) is 2. The van der Waals surface area contributed by atoms with Gasteiger partial charge in [0.1, 0.15) is 12.7 Å². The number of nitrogens with two attached hydrogens (primary N) is 1. The minimum atomic E-state index is -0.677. The van der Waals surface area contributed by atoms with Crippen LogP contribution in [0, 0.1) is 0 Å². The molecule has 1 aromatic rings. The quantitative estimate of drug-likeness (QED) is 0.704. The van der Waals surface area contributed by atoms with Crippen molar-refractivity contribution < 1.29 is 14.6 Å². The zero-order chi connectivity index (χ0) is 9.97. The van der Waals surface area contributed by atoms with Crippen molar-refractivity contribution in [3.05, 3.63) is 24.3 Å². The SMILES string of the molecule is NC[C@@H](O)[C@H]1COc2ccccc2O1. The summed E-state index contributed by atoms with van der Waals surface area (Å²) < 4.78 is 10.9. The van der Waals surface area contributed by atoms with Gasteiger partial charge in [0.15, 0.2) is 17.6 Å². The van der Waals surface area contributed by atoms with E-state index in [0.29, 0.717) is 18.1 Å². The molecule has 0 saturated carbocycles. The predicted octanol–water partition coefficient (Wildman–Crippen LogP) is 0.146. The van der Waals surface area contributed by atoms with Gasteiger partial charge in [0.25, 0.3) is 0 Å². The lowest BCUT2D eigenvalue weighted by Gasteiger charge is -2.28. The molecule has 1 aliphatic heterocycles. The lowest BCUT2D eigenvalue weighted by molar-refractivity contribution is -0.00530. The summed E-state index contributed by atoms with van der Waals surface area (Å²) >= 11 is 0. The molecule has 0 unspecified atom stereocenters. The van der Waals surface area contributed by atoms with E-state index in [9.17, 15) is 5.11 Å². The van der Waals surface area contributed by atoms with Gasteiger partial charge in [-0.3, -0.25) is 0 Å². The molecule has 4 heteroatoms. The van der Waals surface area contributed by atoms with Crippen molar-refractivity contribution in [2.45, 2.75) is 12.2 Å². The highest BCUT2D eigenvalue weighted by Crippen LogP contribution is 2.31. The molecule has 2 atom stereocenters. The van der Waals surface area contributed by atoms with Gasteiger partial charge in [-0.05, 0) is 12.1 Å². The Balaban J connectivity index is 2.13. The Hall–Kier alpha value is -1.26. The number of para-hydroxylation sites is 2. The van der Waals surface area contributed by atoms with Crippen LogP contribution in [0.3, 0.4) is 0 Å². The maximum absolute atomic E-state index is 9.48. The lowest BCUT2D eigenvalue weighted by atomic mass is 10.2. The van der Waals surface area contributed by atoms with Crippen LogP contribution in [0.15, 0.2) is 24.3 Å². The average molecular weight is 195 g/mol. The average Bonchev–Trinajstić information content (AvgIpc) is 2.27. The Bertz CT molecular complexity index is 316. The van der Waals surface area contributed by atoms with E-state index in [2.05, 4.69) is 0 Å². The van der Waals surface area contributed by atoms with E-state index >= 15 is 0 Å². The fraction of sp³-hybridized carbons (Fsp3) is 0.400. The van der Waals surface area contributed by atoms with E-state index in [4.69, 9.17) is 15.2 Å². The summed E-state index contributed by atoms with van der Waals surface area (Å²) in [5.41, 5.74) is 5.34. The first-order valence-corrected chi connectivity index (χ1v) is 4.58. The molecule has 14 heavy (non-hydrogen) atoms. The van der Waals surface area contributed by atoms with E-state index in [0.717, 1.165) is 0 Å². The van der Waals surface area contributed by atoms with Gasteiger partial charge in [0.2, 0.25) is 0 Å². The first-order valence-electron chi connectivity index (χ1n) is 4.58. The van der Waals surface area contributed by atoms with E-state index < -0.39 is 6.10 Å². The highest BCUT2D eigenvalue weighted by molar-refractivity contribution is 5.40. The summed E-state index contributed by atoms with van der Waals surface area (Å²) in [6.07, 6.45) is -1.04. The second kappa shape index (κ2) is 3.86. The summed E-state index contributed by atoms with van der Waals surface area (Å²) in [6.45, 7) is 0.519. The Morgan fingerprint density at radius 1 is 1.43 bits per heavy atom. The van der Waals surface area contributed by atoms with Crippen molar-refractivity contribution in [1.29, 1.82) is 0 Å². The van der Waals surface area contributed by atoms with Crippen molar-refractivity contribution in [3.63, 3.8) is 0 Å². The van der Waals surface area contributed by atoms with E-state index in [-0.39, 0.29) is 12.6 Å². The molecule has 0 aliphatic carbocycles. The second-order valence-corrected chi connectivity index (χ2v) is 3.22. The van der Waals surface area contributed by atoms with Crippen LogP contribution in [-0.2, 0) is 0 Å². The molecular formula is C10H13NO3. The molecule has 4 nitrogen and oxygen atoms in total. The summed E-state index contributed by atoms with van der Waals surface area (Å²) in [7, 11) is 0. The molecule has 2 rings (SSSR count). The Kier molecular flexibility index (Phi) is 2.56. The van der Waals surface area contributed by atoms with Crippen LogP contribution in [0.4, 0.5) is 0 Å². The van der Waals surface area contributed by atoms with Gasteiger partial charge in [-0.15, -0.1) is 0 Å². The third-order valence-corrected chi connectivity index (χ3v) is 2.20. The van der Waals surface area contributed by atoms with Crippen LogP contribution in [0.5, 0.6) is 11.5 Å². The zero-order valence-electron chi connectivity index (χ0n) is 7.72. The highest BCUT2D eigenvalue weighted by Gasteiger charge is 2.26. The fourth-order valence-electron chi connectivity index (χ4n) is 1.38. The predicted molar refractivity (Wildman–Crippen MR) is 51.4 cm³/mol. The fourth-order valence-corrected chi connectivity index (χ4v) is 1.38. The highest BCUT2D eigenvalue weighted by atomic mass is 16.6. The summed E-state index contributed by atoms with van der Waals surface area (Å²) in [4.78, 5) is 0. The van der Waals surface area contributed by atoms with Gasteiger partial charge in [-0.1, -0.05) is 12.1 Å². The maximum Gasteiger partial charge on any atom is 0.161 e. The minimum absolute atomic E-state index is 0.177. The van der Waals surface area contributed by atoms with Crippen LogP contribution in [0.25, 0.3) is 0 Å². The monoisotopic (exact) mass is 195 g/mol. The first-order chi connectivity index (χ1) is 6.81. The van der Waals surface area contributed by atoms with Crippen molar-refractivity contribution in [3.8, 4) is 11.5 Å². The Morgan fingerprint density at radius 3 is 2.86 bits per heavy atom. The normalized spacial score (nSPS) is 21.7. The molecule has 0 radical (unpaired) electrons. The van der Waals surface area contributed by atoms with E-state index in [1.54, 1.807) is 0 Å². The minimum Gasteiger partial charge on any atom is -0.486 e. The molecule has 0 saturated heterocycles. The van der Waals surface area contributed by atoms with Crippen LogP contribution in [-0.4, -0.2) is 30.5 Å². The molecule has 0 fully saturated rings. The standard InChI is InChI=1S/C10H13NO3/c11-5-7(12)10-6-13-8-3-1-2-4-9(8)14-10/h1-4,7,10,12H,5-6,11H2/t7-,10-/m1/s1. The maximum atomic E-state index is 9.48. The van der Waals surface area contributed by atoms with Gasteiger partial charge in [-0.2, -0.15) is 0 Å². The first kappa shape index (κ1) is 9.30. The number of hydrogen-bond donors (Lipinski definition) is 2. The third-order valence-electron chi connectivity index (χ3n) is 2.20. The Morgan fingerprint density at radius 2 is 2.14 bits per heavy atom. The number of aliphatic hydroxyl groups is 1. The summed E-state index contributed by atoms with van der Waals surface area (Å²) in [6, 6.07) is 7.38. The van der Waals surface area contributed by atoms with Crippen molar-refractivity contribution in [2.24, 2.45) is 5.73 Å². The molecule has 1 aliphatic rings. The van der Waals surface area contributed by atoms with E-state index in [1.807, 2.05) is 24.3 Å². The van der Waals surface area contributed by atoms with Crippen molar-refractivity contribution in [2.75, 3.05) is 13.2 Å². The largest absolute Gasteiger partial charge is 0.486 e. The summed E-state index contributed by atoms with van der Waals surface area (Å²) in [5.74, 6) is 1.38. The smallest absolute Gasteiger partial charge is 0.161 e. The topological polar surface area (TPSA) is 64.7 Å². The van der Waals surface area contributed by atoms with E-state index in [1.165, 1.54) is 0 Å². The van der Waals surface area contributed by atoms with Crippen LogP contribution in [0.1, 0.15) is 0 Å². The molecule has 0 spiro atoms. The number of fused-ring (bicyclic) bond motifs is 1. The molecule has 0 amide bonds. The number of aliphatic hydroxyl groups excluding tert-OH is 1. The zero-order valence-corrected chi connectivity index (χ0v) is 7.72. The number of hydrogen-bond acceptors (Lipinski definition) is 4. The third kappa shape index (κ3) is 1.66. The van der Waals surface area contributed by atoms with Crippen molar-refractivity contribution >= 4 is 0 Å². The molecule has 0 aromatic heterocycles. The van der Waals surface area contributed by atoms with Gasteiger partial charge in [-0.25, -0.2) is 0 Å². The lowest BCUT2D eigenvalue weighted by Crippen LogP contribution is -2.43. The summed E-state index contributed by atoms with van der Waals surface area (Å²) in [5, 5.41) is 9.48. The molecule has 1 heterocycles. The molecule has 3 N–H and O–H groups in total. The number of benzene rings is 1. The Labute approximate surface area is 82.2 Å². The van der Waals surface area contributed by atoms with Gasteiger partial charge < -0.3 is 20.3 Å². The van der Waals surface area contributed by atoms with Crippen molar-refractivity contribution in [1.82, 2.24) is 0 Å². The molecule has 76 valence electrons. The molecule has 1 aromatic carbocycles. The molecular weight excluding hydrogens is 182 g/mol. The number of rotatable bonds is 2. The van der Waals surface area contributed by atoms with Gasteiger partial charge >= 0.3 is 0 Å². The molecule has 0 bridgehead atoms. The van der Waals surface area contributed by atoms with Crippen LogP contribution < -0.4 is 15.2 Å².